The van der Waals surface area contributed by atoms with Gasteiger partial charge in [0.1, 0.15) is 0 Å². The highest BCUT2D eigenvalue weighted by Gasteiger charge is 2.19. The second kappa shape index (κ2) is 9.09. The van der Waals surface area contributed by atoms with Gasteiger partial charge in [-0.05, 0) is 42.3 Å². The number of ether oxygens (including phenoxy) is 2. The number of Topliss-reactive ketones (excluding diaryl/α,β-unsaturated/α-hetero) is 1. The minimum absolute atomic E-state index is 0.0838. The molecule has 1 atom stereocenters. The number of ketones is 1. The molecule has 0 bridgehead atoms. The molecule has 4 heteroatoms. The molecule has 0 fully saturated rings. The van der Waals surface area contributed by atoms with Crippen LogP contribution in [0.15, 0.2) is 72.8 Å². The Morgan fingerprint density at radius 3 is 2.32 bits per heavy atom. The summed E-state index contributed by atoms with van der Waals surface area (Å²) >= 11 is 0. The van der Waals surface area contributed by atoms with Gasteiger partial charge in [0.05, 0.1) is 20.3 Å². The first-order valence-corrected chi connectivity index (χ1v) is 9.24. The van der Waals surface area contributed by atoms with Gasteiger partial charge in [0.15, 0.2) is 17.3 Å². The van der Waals surface area contributed by atoms with E-state index in [9.17, 15) is 4.79 Å². The number of benzene rings is 3. The van der Waals surface area contributed by atoms with E-state index in [2.05, 4.69) is 11.4 Å². The number of methoxy groups -OCH3 is 2. The Kier molecular flexibility index (Phi) is 6.33. The molecule has 0 saturated carbocycles. The Balaban J connectivity index is 1.93. The zero-order valence-corrected chi connectivity index (χ0v) is 16.4. The number of hydrogen-bond acceptors (Lipinski definition) is 4. The Hall–Kier alpha value is -3.27. The summed E-state index contributed by atoms with van der Waals surface area (Å²) < 4.78 is 10.8. The lowest BCUT2D eigenvalue weighted by Gasteiger charge is -2.21. The quantitative estimate of drug-likeness (QED) is 0.533. The maximum Gasteiger partial charge on any atom is 0.165 e. The Morgan fingerprint density at radius 1 is 0.893 bits per heavy atom. The number of carbonyl (C=O) groups excluding carboxylic acids is 1. The molecule has 4 nitrogen and oxygen atoms in total. The number of aryl methyl sites for hydroxylation is 1. The Labute approximate surface area is 166 Å². The summed E-state index contributed by atoms with van der Waals surface area (Å²) in [7, 11) is 3.22. The van der Waals surface area contributed by atoms with E-state index in [0.29, 0.717) is 23.5 Å². The highest BCUT2D eigenvalue weighted by Crippen LogP contribution is 2.33. The molecule has 0 heterocycles. The van der Waals surface area contributed by atoms with E-state index < -0.39 is 0 Å². The maximum atomic E-state index is 12.9. The van der Waals surface area contributed by atoms with Crippen molar-refractivity contribution in [3.8, 4) is 11.5 Å². The van der Waals surface area contributed by atoms with Crippen LogP contribution in [0.5, 0.6) is 11.5 Å². The van der Waals surface area contributed by atoms with E-state index in [4.69, 9.17) is 9.47 Å². The maximum absolute atomic E-state index is 12.9. The van der Waals surface area contributed by atoms with Crippen LogP contribution in [0.4, 0.5) is 5.69 Å². The lowest BCUT2D eigenvalue weighted by molar-refractivity contribution is 0.0976. The Morgan fingerprint density at radius 2 is 1.64 bits per heavy atom. The molecule has 0 saturated heterocycles. The monoisotopic (exact) mass is 375 g/mol. The van der Waals surface area contributed by atoms with Crippen LogP contribution in [-0.2, 0) is 0 Å². The van der Waals surface area contributed by atoms with Gasteiger partial charge in [0.2, 0.25) is 0 Å². The van der Waals surface area contributed by atoms with Crippen LogP contribution in [0.3, 0.4) is 0 Å². The lowest BCUT2D eigenvalue weighted by Crippen LogP contribution is -2.16. The first-order valence-electron chi connectivity index (χ1n) is 9.24. The predicted molar refractivity (Wildman–Crippen MR) is 112 cm³/mol. The highest BCUT2D eigenvalue weighted by atomic mass is 16.5. The molecular weight excluding hydrogens is 350 g/mol. The molecule has 144 valence electrons. The second-order valence-corrected chi connectivity index (χ2v) is 6.67. The minimum Gasteiger partial charge on any atom is -0.493 e. The van der Waals surface area contributed by atoms with Crippen LogP contribution in [-0.4, -0.2) is 20.0 Å². The second-order valence-electron chi connectivity index (χ2n) is 6.67. The summed E-state index contributed by atoms with van der Waals surface area (Å²) in [5, 5.41) is 3.51. The van der Waals surface area contributed by atoms with Crippen LogP contribution in [0.2, 0.25) is 0 Å². The first kappa shape index (κ1) is 19.5. The number of anilines is 1. The van der Waals surface area contributed by atoms with Gasteiger partial charge in [-0.3, -0.25) is 4.79 Å². The molecule has 3 aromatic rings. The van der Waals surface area contributed by atoms with Crippen molar-refractivity contribution in [3.63, 3.8) is 0 Å². The molecule has 0 aliphatic carbocycles. The predicted octanol–water partition coefficient (Wildman–Crippen LogP) is 5.44. The van der Waals surface area contributed by atoms with Crippen LogP contribution in [0, 0.1) is 6.92 Å². The van der Waals surface area contributed by atoms with E-state index in [1.165, 1.54) is 0 Å². The minimum atomic E-state index is -0.200. The van der Waals surface area contributed by atoms with Gasteiger partial charge < -0.3 is 14.8 Å². The normalized spacial score (nSPS) is 11.5. The van der Waals surface area contributed by atoms with Crippen molar-refractivity contribution in [2.75, 3.05) is 19.5 Å². The van der Waals surface area contributed by atoms with Crippen molar-refractivity contribution in [1.29, 1.82) is 0 Å². The van der Waals surface area contributed by atoms with Crippen molar-refractivity contribution in [2.24, 2.45) is 0 Å². The standard InChI is InChI=1S/C24H25NO3/c1-17-8-7-11-20(14-17)25-21(16-22(26)18-9-5-4-6-10-18)19-12-13-23(27-2)24(15-19)28-3/h4-15,21,25H,16H2,1-3H3. The van der Waals surface area contributed by atoms with Crippen molar-refractivity contribution in [2.45, 2.75) is 19.4 Å². The molecule has 0 aliphatic rings. The van der Waals surface area contributed by atoms with E-state index in [1.807, 2.05) is 73.7 Å². The summed E-state index contributed by atoms with van der Waals surface area (Å²) in [6.07, 6.45) is 0.327. The summed E-state index contributed by atoms with van der Waals surface area (Å²) in [6.45, 7) is 2.05. The summed E-state index contributed by atoms with van der Waals surface area (Å²) in [5.74, 6) is 1.39. The average molecular weight is 375 g/mol. The van der Waals surface area contributed by atoms with E-state index in [-0.39, 0.29) is 11.8 Å². The fourth-order valence-corrected chi connectivity index (χ4v) is 3.19. The van der Waals surface area contributed by atoms with E-state index in [0.717, 1.165) is 16.8 Å². The molecule has 3 rings (SSSR count). The van der Waals surface area contributed by atoms with Crippen LogP contribution < -0.4 is 14.8 Å². The number of hydrogen-bond donors (Lipinski definition) is 1. The summed E-state index contributed by atoms with van der Waals surface area (Å²) in [4.78, 5) is 12.9. The van der Waals surface area contributed by atoms with Crippen molar-refractivity contribution < 1.29 is 14.3 Å². The molecule has 0 aliphatic heterocycles. The third-order valence-corrected chi connectivity index (χ3v) is 4.65. The van der Waals surface area contributed by atoms with E-state index in [1.54, 1.807) is 14.2 Å². The zero-order valence-electron chi connectivity index (χ0n) is 16.4. The zero-order chi connectivity index (χ0) is 19.9. The number of nitrogens with one attached hydrogen (secondary N) is 1. The van der Waals surface area contributed by atoms with Gasteiger partial charge in [0.25, 0.3) is 0 Å². The summed E-state index contributed by atoms with van der Waals surface area (Å²) in [5.41, 5.74) is 3.80. The molecule has 1 N–H and O–H groups in total. The average Bonchev–Trinajstić information content (AvgIpc) is 2.73. The van der Waals surface area contributed by atoms with Crippen molar-refractivity contribution in [3.05, 3.63) is 89.5 Å². The molecule has 0 amide bonds. The van der Waals surface area contributed by atoms with Gasteiger partial charge in [-0.1, -0.05) is 48.5 Å². The lowest BCUT2D eigenvalue weighted by atomic mass is 9.97. The van der Waals surface area contributed by atoms with Gasteiger partial charge in [-0.2, -0.15) is 0 Å². The van der Waals surface area contributed by atoms with Gasteiger partial charge in [-0.15, -0.1) is 0 Å². The van der Waals surface area contributed by atoms with E-state index >= 15 is 0 Å². The largest absolute Gasteiger partial charge is 0.493 e. The molecule has 28 heavy (non-hydrogen) atoms. The van der Waals surface area contributed by atoms with Gasteiger partial charge >= 0.3 is 0 Å². The topological polar surface area (TPSA) is 47.6 Å². The first-order chi connectivity index (χ1) is 13.6. The highest BCUT2D eigenvalue weighted by molar-refractivity contribution is 5.96. The fraction of sp³-hybridized carbons (Fsp3) is 0.208. The third kappa shape index (κ3) is 4.71. The molecule has 1 unspecified atom stereocenters. The fourth-order valence-electron chi connectivity index (χ4n) is 3.19. The van der Waals surface area contributed by atoms with Crippen LogP contribution in [0.25, 0.3) is 0 Å². The molecule has 0 spiro atoms. The van der Waals surface area contributed by atoms with Crippen molar-refractivity contribution >= 4 is 11.5 Å². The van der Waals surface area contributed by atoms with Gasteiger partial charge in [0, 0.05) is 17.7 Å². The molecule has 3 aromatic carbocycles. The molecular formula is C24H25NO3. The number of carbonyl (C=O) groups is 1. The van der Waals surface area contributed by atoms with Crippen LogP contribution in [0.1, 0.15) is 33.9 Å². The third-order valence-electron chi connectivity index (χ3n) is 4.65. The SMILES string of the molecule is COc1ccc(C(CC(=O)c2ccccc2)Nc2cccc(C)c2)cc1OC. The molecule has 0 radical (unpaired) electrons. The van der Waals surface area contributed by atoms with Crippen LogP contribution >= 0.6 is 0 Å². The Bertz CT molecular complexity index is 938. The smallest absolute Gasteiger partial charge is 0.165 e. The van der Waals surface area contributed by atoms with Gasteiger partial charge in [-0.25, -0.2) is 0 Å². The molecule has 0 aromatic heterocycles. The van der Waals surface area contributed by atoms with Crippen molar-refractivity contribution in [1.82, 2.24) is 0 Å². The number of rotatable bonds is 8. The summed E-state index contributed by atoms with van der Waals surface area (Å²) in [6, 6.07) is 23.1.